The lowest BCUT2D eigenvalue weighted by atomic mass is 9.53. The molecule has 0 spiro atoms. The van der Waals surface area contributed by atoms with Crippen LogP contribution in [0.3, 0.4) is 0 Å². The number of amides is 2. The number of hydrogen-bond acceptors (Lipinski definition) is 5. The van der Waals surface area contributed by atoms with Crippen LogP contribution >= 0.6 is 11.6 Å². The zero-order valence-electron chi connectivity index (χ0n) is 24.5. The van der Waals surface area contributed by atoms with Crippen molar-refractivity contribution >= 4 is 29.4 Å². The summed E-state index contributed by atoms with van der Waals surface area (Å²) in [6, 6.07) is 12.0. The summed E-state index contributed by atoms with van der Waals surface area (Å²) in [6.07, 6.45) is 2.89. The number of benzene rings is 2. The molecule has 8 nitrogen and oxygen atoms in total. The molecule has 6 N–H and O–H groups in total. The SMILES string of the molecule is CCCN(CCC)C(=O)C1=C[C@](CNCc2ccccc2)(C(=O)O)[C@@H](N)C(C(N)=O)(C(CC)c2cc(F)cc(Cl)c2)C1. The Morgan fingerprint density at radius 1 is 1.12 bits per heavy atom. The molecule has 4 atom stereocenters. The highest BCUT2D eigenvalue weighted by Crippen LogP contribution is 2.54. The van der Waals surface area contributed by atoms with Crippen LogP contribution in [0.2, 0.25) is 5.02 Å². The first kappa shape index (κ1) is 33.2. The van der Waals surface area contributed by atoms with E-state index in [2.05, 4.69) is 5.32 Å². The molecule has 0 bridgehead atoms. The number of rotatable bonds is 14. The van der Waals surface area contributed by atoms with E-state index in [1.54, 1.807) is 11.8 Å². The van der Waals surface area contributed by atoms with E-state index >= 15 is 0 Å². The lowest BCUT2D eigenvalue weighted by Gasteiger charge is -2.52. The van der Waals surface area contributed by atoms with Crippen LogP contribution in [0.5, 0.6) is 0 Å². The van der Waals surface area contributed by atoms with E-state index in [4.69, 9.17) is 23.1 Å². The first-order chi connectivity index (χ1) is 20.0. The minimum absolute atomic E-state index is 0.116. The minimum Gasteiger partial charge on any atom is -0.481 e. The molecule has 0 saturated heterocycles. The summed E-state index contributed by atoms with van der Waals surface area (Å²) in [6.45, 7) is 6.77. The Morgan fingerprint density at radius 3 is 2.29 bits per heavy atom. The summed E-state index contributed by atoms with van der Waals surface area (Å²) < 4.78 is 14.6. The second-order valence-electron chi connectivity index (χ2n) is 11.1. The van der Waals surface area contributed by atoms with Crippen LogP contribution in [-0.2, 0) is 20.9 Å². The van der Waals surface area contributed by atoms with E-state index < -0.39 is 40.5 Å². The van der Waals surface area contributed by atoms with E-state index in [1.165, 1.54) is 18.2 Å². The Bertz CT molecular complexity index is 1280. The van der Waals surface area contributed by atoms with Gasteiger partial charge in [-0.05, 0) is 55.0 Å². The fourth-order valence-electron chi connectivity index (χ4n) is 6.40. The number of carbonyl (C=O) groups excluding carboxylic acids is 2. The number of aliphatic carboxylic acids is 1. The largest absolute Gasteiger partial charge is 0.481 e. The topological polar surface area (TPSA) is 139 Å². The molecule has 2 unspecified atom stereocenters. The molecular weight excluding hydrogens is 559 g/mol. The fourth-order valence-corrected chi connectivity index (χ4v) is 6.63. The van der Waals surface area contributed by atoms with Crippen LogP contribution in [0.1, 0.15) is 63.5 Å². The van der Waals surface area contributed by atoms with E-state index in [0.717, 1.165) is 11.6 Å². The standard InChI is InChI=1S/C32H42ClFN4O4/c1-4-12-38(13-5-2)27(39)23-17-31(30(41)42,20-37-19-21-10-8-7-9-11-21)28(35)32(18-23,29(36)40)26(6-3)22-14-24(33)16-25(34)15-22/h7-11,14-17,26,28,37H,4-6,12-13,18-20,35H2,1-3H3,(H2,36,40)(H,41,42)/t26?,28-,31-,32?/m1/s1. The molecular formula is C32H42ClFN4O4. The van der Waals surface area contributed by atoms with E-state index in [9.17, 15) is 23.9 Å². The van der Waals surface area contributed by atoms with Crippen LogP contribution in [0, 0.1) is 16.6 Å². The summed E-state index contributed by atoms with van der Waals surface area (Å²) in [5.41, 5.74) is 10.9. The summed E-state index contributed by atoms with van der Waals surface area (Å²) in [7, 11) is 0. The van der Waals surface area contributed by atoms with Crippen LogP contribution in [0.4, 0.5) is 4.39 Å². The van der Waals surface area contributed by atoms with Gasteiger partial charge in [0, 0.05) is 48.7 Å². The maximum absolute atomic E-state index is 14.6. The van der Waals surface area contributed by atoms with Crippen LogP contribution in [0.25, 0.3) is 0 Å². The predicted octanol–water partition coefficient (Wildman–Crippen LogP) is 4.61. The number of hydrogen-bond donors (Lipinski definition) is 4. The highest BCUT2D eigenvalue weighted by Gasteiger charge is 2.62. The molecule has 0 aliphatic heterocycles. The van der Waals surface area contributed by atoms with Gasteiger partial charge in [0.25, 0.3) is 0 Å². The van der Waals surface area contributed by atoms with Gasteiger partial charge in [-0.15, -0.1) is 0 Å². The van der Waals surface area contributed by atoms with Gasteiger partial charge in [0.05, 0.1) is 5.41 Å². The minimum atomic E-state index is -1.89. The second kappa shape index (κ2) is 14.3. The molecule has 2 amide bonds. The molecule has 0 radical (unpaired) electrons. The van der Waals surface area contributed by atoms with Crippen molar-refractivity contribution in [1.29, 1.82) is 0 Å². The number of carbonyl (C=O) groups is 3. The van der Waals surface area contributed by atoms with Crippen LogP contribution in [0.15, 0.2) is 60.2 Å². The Labute approximate surface area is 252 Å². The zero-order chi connectivity index (χ0) is 31.1. The van der Waals surface area contributed by atoms with E-state index in [1.807, 2.05) is 44.2 Å². The van der Waals surface area contributed by atoms with E-state index in [0.29, 0.717) is 38.0 Å². The zero-order valence-corrected chi connectivity index (χ0v) is 25.3. The summed E-state index contributed by atoms with van der Waals surface area (Å²) in [5, 5.41) is 14.1. The molecule has 0 saturated carbocycles. The predicted molar refractivity (Wildman–Crippen MR) is 162 cm³/mol. The number of carboxylic acid groups (broad SMARTS) is 1. The van der Waals surface area contributed by atoms with Crippen LogP contribution < -0.4 is 16.8 Å². The normalized spacial score (nSPS) is 22.7. The van der Waals surface area contributed by atoms with Crippen molar-refractivity contribution < 1.29 is 23.9 Å². The monoisotopic (exact) mass is 600 g/mol. The molecule has 2 aromatic rings. The molecule has 42 heavy (non-hydrogen) atoms. The number of nitrogens with zero attached hydrogens (tertiary/aromatic N) is 1. The first-order valence-electron chi connectivity index (χ1n) is 14.5. The molecule has 228 valence electrons. The van der Waals surface area contributed by atoms with Gasteiger partial charge in [0.2, 0.25) is 11.8 Å². The van der Waals surface area contributed by atoms with Crippen molar-refractivity contribution in [3.05, 3.63) is 82.1 Å². The molecule has 0 heterocycles. The number of nitrogens with two attached hydrogens (primary N) is 2. The summed E-state index contributed by atoms with van der Waals surface area (Å²) in [4.78, 5) is 42.6. The van der Waals surface area contributed by atoms with Crippen molar-refractivity contribution in [2.24, 2.45) is 22.3 Å². The van der Waals surface area contributed by atoms with Gasteiger partial charge >= 0.3 is 5.97 Å². The second-order valence-corrected chi connectivity index (χ2v) is 11.6. The van der Waals surface area contributed by atoms with Crippen molar-refractivity contribution in [2.45, 2.75) is 65.0 Å². The molecule has 0 fully saturated rings. The molecule has 1 aliphatic rings. The average Bonchev–Trinajstić information content (AvgIpc) is 2.94. The first-order valence-corrected chi connectivity index (χ1v) is 14.8. The maximum atomic E-state index is 14.6. The molecule has 0 aromatic heterocycles. The summed E-state index contributed by atoms with van der Waals surface area (Å²) >= 11 is 6.21. The Morgan fingerprint density at radius 2 is 1.76 bits per heavy atom. The third-order valence-corrected chi connectivity index (χ3v) is 8.56. The Kier molecular flexibility index (Phi) is 11.3. The van der Waals surface area contributed by atoms with E-state index in [-0.39, 0.29) is 35.9 Å². The van der Waals surface area contributed by atoms with Crippen molar-refractivity contribution in [3.8, 4) is 0 Å². The highest BCUT2D eigenvalue weighted by atomic mass is 35.5. The van der Waals surface area contributed by atoms with Crippen LogP contribution in [-0.4, -0.2) is 53.5 Å². The smallest absolute Gasteiger partial charge is 0.316 e. The van der Waals surface area contributed by atoms with Crippen molar-refractivity contribution in [2.75, 3.05) is 19.6 Å². The van der Waals surface area contributed by atoms with Gasteiger partial charge in [0.1, 0.15) is 11.2 Å². The van der Waals surface area contributed by atoms with Gasteiger partial charge in [-0.25, -0.2) is 4.39 Å². The van der Waals surface area contributed by atoms with Gasteiger partial charge in [-0.3, -0.25) is 14.4 Å². The highest BCUT2D eigenvalue weighted by molar-refractivity contribution is 6.30. The van der Waals surface area contributed by atoms with Gasteiger partial charge in [-0.1, -0.05) is 68.8 Å². The number of carboxylic acids is 1. The lowest BCUT2D eigenvalue weighted by Crippen LogP contribution is -2.67. The Hall–Kier alpha value is -3.27. The quantitative estimate of drug-likeness (QED) is 0.250. The van der Waals surface area contributed by atoms with Crippen molar-refractivity contribution in [1.82, 2.24) is 10.2 Å². The average molecular weight is 601 g/mol. The third-order valence-electron chi connectivity index (χ3n) is 8.34. The number of nitrogens with one attached hydrogen (secondary N) is 1. The number of primary amides is 1. The van der Waals surface area contributed by atoms with Gasteiger partial charge in [-0.2, -0.15) is 0 Å². The number of halogens is 2. The fraction of sp³-hybridized carbons (Fsp3) is 0.469. The lowest BCUT2D eigenvalue weighted by molar-refractivity contribution is -0.152. The summed E-state index contributed by atoms with van der Waals surface area (Å²) in [5.74, 6) is -3.95. The van der Waals surface area contributed by atoms with Gasteiger partial charge < -0.3 is 26.8 Å². The Balaban J connectivity index is 2.24. The molecule has 3 rings (SSSR count). The molecule has 10 heteroatoms. The molecule has 2 aromatic carbocycles. The molecule has 1 aliphatic carbocycles. The maximum Gasteiger partial charge on any atom is 0.316 e. The third kappa shape index (κ3) is 6.69. The van der Waals surface area contributed by atoms with Crippen molar-refractivity contribution in [3.63, 3.8) is 0 Å². The van der Waals surface area contributed by atoms with Gasteiger partial charge in [0.15, 0.2) is 0 Å².